The molecule has 0 aromatic carbocycles. The van der Waals surface area contributed by atoms with E-state index < -0.39 is 16.0 Å². The summed E-state index contributed by atoms with van der Waals surface area (Å²) in [5, 5.41) is 0.272. The van der Waals surface area contributed by atoms with Crippen LogP contribution < -0.4 is 0 Å². The lowest BCUT2D eigenvalue weighted by molar-refractivity contribution is -0.124. The molecule has 3 nitrogen and oxygen atoms in total. The number of ketones is 1. The lowest BCUT2D eigenvalue weighted by Gasteiger charge is -2.40. The predicted octanol–water partition coefficient (Wildman–Crippen LogP) is 2.94. The maximum atomic E-state index is 12.6. The van der Waals surface area contributed by atoms with Crippen molar-refractivity contribution in [1.82, 2.24) is 0 Å². The molecule has 4 aliphatic rings. The molecule has 3 aliphatic carbocycles. The SMILES string of the molecule is CO[C@@H]1CC=C2C(=C(Cl)[C@@]3(Cl)C(=O)[C@]2(Cl)[C@@H]2C[C@@H]23)O1. The summed E-state index contributed by atoms with van der Waals surface area (Å²) in [6.45, 7) is 0. The smallest absolute Gasteiger partial charge is 0.203 e. The van der Waals surface area contributed by atoms with Crippen LogP contribution in [0, 0.1) is 11.8 Å². The van der Waals surface area contributed by atoms with Crippen molar-refractivity contribution in [2.75, 3.05) is 7.11 Å². The molecule has 0 saturated heterocycles. The summed E-state index contributed by atoms with van der Waals surface area (Å²) in [5.41, 5.74) is 0.679. The molecule has 2 saturated carbocycles. The van der Waals surface area contributed by atoms with Crippen LogP contribution in [0.2, 0.25) is 0 Å². The van der Waals surface area contributed by atoms with Crippen LogP contribution in [0.1, 0.15) is 12.8 Å². The minimum Gasteiger partial charge on any atom is -0.463 e. The monoisotopic (exact) mass is 320 g/mol. The molecule has 0 amide bonds. The Bertz CT molecular complexity index is 569. The van der Waals surface area contributed by atoms with Gasteiger partial charge < -0.3 is 9.47 Å². The molecular formula is C13H11Cl3O3. The van der Waals surface area contributed by atoms with Crippen molar-refractivity contribution in [1.29, 1.82) is 0 Å². The number of carbonyl (C=O) groups is 1. The van der Waals surface area contributed by atoms with E-state index in [-0.39, 0.29) is 22.7 Å². The molecule has 6 heteroatoms. The van der Waals surface area contributed by atoms with Gasteiger partial charge in [-0.1, -0.05) is 17.7 Å². The third-order valence-electron chi connectivity index (χ3n) is 4.66. The third-order valence-corrected chi connectivity index (χ3v) is 6.52. The Morgan fingerprint density at radius 2 is 2.05 bits per heavy atom. The molecule has 1 heterocycles. The van der Waals surface area contributed by atoms with Gasteiger partial charge in [-0.3, -0.25) is 4.79 Å². The molecule has 0 spiro atoms. The Morgan fingerprint density at radius 1 is 1.37 bits per heavy atom. The highest BCUT2D eigenvalue weighted by molar-refractivity contribution is 6.56. The summed E-state index contributed by atoms with van der Waals surface area (Å²) in [6.07, 6.45) is 2.88. The Labute approximate surface area is 125 Å². The second kappa shape index (κ2) is 3.51. The highest BCUT2D eigenvalue weighted by Gasteiger charge is 2.80. The first-order valence-electron chi connectivity index (χ1n) is 6.19. The molecule has 4 rings (SSSR count). The van der Waals surface area contributed by atoms with Crippen LogP contribution in [0.4, 0.5) is 0 Å². The summed E-state index contributed by atoms with van der Waals surface area (Å²) in [5.74, 6) is 0.343. The predicted molar refractivity (Wildman–Crippen MR) is 71.2 cm³/mol. The van der Waals surface area contributed by atoms with Gasteiger partial charge in [-0.25, -0.2) is 0 Å². The number of hydrogen-bond donors (Lipinski definition) is 0. The zero-order valence-electron chi connectivity index (χ0n) is 10.1. The first-order valence-corrected chi connectivity index (χ1v) is 7.32. The number of methoxy groups -OCH3 is 1. The summed E-state index contributed by atoms with van der Waals surface area (Å²) in [7, 11) is 1.56. The number of allylic oxidation sites excluding steroid dienone is 2. The van der Waals surface area contributed by atoms with Crippen LogP contribution in [0.3, 0.4) is 0 Å². The van der Waals surface area contributed by atoms with Crippen LogP contribution >= 0.6 is 34.8 Å². The van der Waals surface area contributed by atoms with Crippen molar-refractivity contribution in [3.63, 3.8) is 0 Å². The number of halogens is 3. The van der Waals surface area contributed by atoms with Crippen molar-refractivity contribution in [3.05, 3.63) is 22.4 Å². The van der Waals surface area contributed by atoms with Gasteiger partial charge in [0.2, 0.25) is 6.29 Å². The average Bonchev–Trinajstić information content (AvgIpc) is 3.20. The van der Waals surface area contributed by atoms with E-state index in [0.29, 0.717) is 17.8 Å². The Morgan fingerprint density at radius 3 is 2.74 bits per heavy atom. The number of ether oxygens (including phenoxy) is 2. The number of Topliss-reactive ketones (excluding diaryl/α,β-unsaturated/α-hetero) is 1. The van der Waals surface area contributed by atoms with E-state index in [1.54, 1.807) is 7.11 Å². The van der Waals surface area contributed by atoms with Gasteiger partial charge in [-0.2, -0.15) is 0 Å². The quantitative estimate of drug-likeness (QED) is 0.697. The van der Waals surface area contributed by atoms with Gasteiger partial charge in [0.1, 0.15) is 15.5 Å². The van der Waals surface area contributed by atoms with Crippen LogP contribution in [0.25, 0.3) is 0 Å². The van der Waals surface area contributed by atoms with E-state index in [2.05, 4.69) is 0 Å². The number of alkyl halides is 2. The molecule has 19 heavy (non-hydrogen) atoms. The molecular weight excluding hydrogens is 310 g/mol. The minimum atomic E-state index is -1.20. The minimum absolute atomic E-state index is 0.0234. The summed E-state index contributed by atoms with van der Waals surface area (Å²) in [4.78, 5) is 10.3. The second-order valence-electron chi connectivity index (χ2n) is 5.48. The fourth-order valence-electron chi connectivity index (χ4n) is 3.60. The largest absolute Gasteiger partial charge is 0.463 e. The van der Waals surface area contributed by atoms with Crippen LogP contribution in [-0.2, 0) is 14.3 Å². The Kier molecular flexibility index (Phi) is 2.31. The zero-order chi connectivity index (χ0) is 13.6. The fourth-order valence-corrected chi connectivity index (χ4v) is 5.05. The lowest BCUT2D eigenvalue weighted by Crippen LogP contribution is -2.50. The summed E-state index contributed by atoms with van der Waals surface area (Å²) in [6, 6.07) is 0. The molecule has 0 aromatic rings. The summed E-state index contributed by atoms with van der Waals surface area (Å²) < 4.78 is 10.9. The van der Waals surface area contributed by atoms with Gasteiger partial charge in [0.15, 0.2) is 5.78 Å². The van der Waals surface area contributed by atoms with E-state index >= 15 is 0 Å². The highest BCUT2D eigenvalue weighted by atomic mass is 35.5. The van der Waals surface area contributed by atoms with Gasteiger partial charge in [-0.15, -0.1) is 23.2 Å². The molecule has 0 N–H and O–H groups in total. The maximum Gasteiger partial charge on any atom is 0.203 e. The molecule has 2 fully saturated rings. The van der Waals surface area contributed by atoms with Crippen molar-refractivity contribution >= 4 is 40.6 Å². The van der Waals surface area contributed by atoms with Gasteiger partial charge in [0, 0.05) is 19.1 Å². The van der Waals surface area contributed by atoms with Crippen molar-refractivity contribution < 1.29 is 14.3 Å². The van der Waals surface area contributed by atoms with E-state index in [4.69, 9.17) is 44.3 Å². The number of carbonyl (C=O) groups excluding carboxylic acids is 1. The first-order chi connectivity index (χ1) is 8.95. The van der Waals surface area contributed by atoms with Gasteiger partial charge >= 0.3 is 0 Å². The number of hydrogen-bond acceptors (Lipinski definition) is 3. The van der Waals surface area contributed by atoms with Crippen molar-refractivity contribution in [3.8, 4) is 0 Å². The van der Waals surface area contributed by atoms with Gasteiger partial charge in [0.25, 0.3) is 0 Å². The van der Waals surface area contributed by atoms with Crippen LogP contribution in [0.5, 0.6) is 0 Å². The Balaban J connectivity index is 1.95. The van der Waals surface area contributed by atoms with Gasteiger partial charge in [-0.05, 0) is 18.3 Å². The average molecular weight is 322 g/mol. The van der Waals surface area contributed by atoms with Crippen molar-refractivity contribution in [2.45, 2.75) is 28.9 Å². The second-order valence-corrected chi connectivity index (χ2v) is 7.05. The van der Waals surface area contributed by atoms with Crippen molar-refractivity contribution in [2.24, 2.45) is 11.8 Å². The topological polar surface area (TPSA) is 35.5 Å². The van der Waals surface area contributed by atoms with E-state index in [1.807, 2.05) is 6.08 Å². The van der Waals surface area contributed by atoms with Crippen LogP contribution in [0.15, 0.2) is 22.4 Å². The van der Waals surface area contributed by atoms with E-state index in [0.717, 1.165) is 6.42 Å². The Hall–Kier alpha value is -0.220. The number of rotatable bonds is 1. The molecule has 1 aliphatic heterocycles. The third kappa shape index (κ3) is 1.20. The highest BCUT2D eigenvalue weighted by Crippen LogP contribution is 2.73. The fraction of sp³-hybridized carbons (Fsp3) is 0.615. The number of fused-ring (bicyclic) bond motifs is 7. The maximum absolute atomic E-state index is 12.6. The molecule has 0 aromatic heterocycles. The first kappa shape index (κ1) is 12.5. The van der Waals surface area contributed by atoms with E-state index in [1.165, 1.54) is 0 Å². The van der Waals surface area contributed by atoms with Crippen LogP contribution in [-0.4, -0.2) is 28.9 Å². The molecule has 5 atom stereocenters. The lowest BCUT2D eigenvalue weighted by atomic mass is 9.80. The molecule has 102 valence electrons. The molecule has 2 bridgehead atoms. The standard InChI is InChI=1S/C13H11Cl3O3/c1-18-8-3-2-5-9(19-8)10(14)13(16)7-4-6(7)12(5,15)11(13)17/h2,6-8H,3-4H2,1H3/t6-,7+,8+,12-,13-/m1/s1. The molecule has 0 radical (unpaired) electrons. The normalized spacial score (nSPS) is 50.4. The van der Waals surface area contributed by atoms with E-state index in [9.17, 15) is 4.79 Å². The summed E-state index contributed by atoms with van der Waals surface area (Å²) >= 11 is 19.5. The van der Waals surface area contributed by atoms with Gasteiger partial charge in [0.05, 0.1) is 5.03 Å². The zero-order valence-corrected chi connectivity index (χ0v) is 12.4. The molecule has 0 unspecified atom stereocenters.